The zero-order valence-electron chi connectivity index (χ0n) is 58.4. The van der Waals surface area contributed by atoms with Gasteiger partial charge >= 0.3 is 39.4 Å². The molecule has 0 bridgehead atoms. The van der Waals surface area contributed by atoms with Crippen molar-refractivity contribution >= 4 is 62.0 Å². The molecule has 8 rings (SSSR count). The molecule has 2 saturated heterocycles. The molecule has 536 valence electrons. The van der Waals surface area contributed by atoms with Gasteiger partial charge in [0.15, 0.2) is 29.7 Å². The Kier molecular flexibility index (Phi) is 23.2. The molecule has 4 aromatic heterocycles. The van der Waals surface area contributed by atoms with Crippen LogP contribution in [0.3, 0.4) is 0 Å². The Morgan fingerprint density at radius 3 is 1.66 bits per heavy atom. The van der Waals surface area contributed by atoms with Crippen LogP contribution in [0.1, 0.15) is 146 Å². The van der Waals surface area contributed by atoms with Crippen molar-refractivity contribution in [1.82, 2.24) is 39.4 Å². The van der Waals surface area contributed by atoms with Gasteiger partial charge in [0.2, 0.25) is 11.2 Å². The monoisotopic (exact) mass is 1410 g/mol. The van der Waals surface area contributed by atoms with Crippen molar-refractivity contribution in [2.24, 2.45) is 17.3 Å². The van der Waals surface area contributed by atoms with E-state index in [1.807, 2.05) is 68.4 Å². The molecule has 0 saturated carbocycles. The highest BCUT2D eigenvalue weighted by Gasteiger charge is 2.63. The van der Waals surface area contributed by atoms with E-state index < -0.39 is 130 Å². The van der Waals surface area contributed by atoms with E-state index in [9.17, 15) is 44.5 Å². The second kappa shape index (κ2) is 30.0. The number of nitrogens with two attached hydrogens (primary N) is 2. The van der Waals surface area contributed by atoms with Gasteiger partial charge < -0.3 is 59.1 Å². The van der Waals surface area contributed by atoms with E-state index in [1.165, 1.54) is 54.1 Å². The Morgan fingerprint density at radius 1 is 0.667 bits per heavy atom. The number of nitrogens with zero attached hydrogens (tertiary/aromatic N) is 8. The summed E-state index contributed by atoms with van der Waals surface area (Å²) < 4.78 is 92.9. The molecule has 2 aliphatic rings. The second-order valence-corrected chi connectivity index (χ2v) is 31.6. The molecule has 6 aromatic rings. The minimum Gasteiger partial charge on any atom is -0.464 e. The van der Waals surface area contributed by atoms with Crippen molar-refractivity contribution in [1.29, 1.82) is 10.5 Å². The molecule has 6 heterocycles. The fraction of sp³-hybridized carbons (Fsp3) is 0.552. The predicted molar refractivity (Wildman–Crippen MR) is 359 cm³/mol. The number of rotatable bonds is 28. The topological polar surface area (TPSA) is 419 Å². The first kappa shape index (κ1) is 76.6. The van der Waals surface area contributed by atoms with Gasteiger partial charge in [0.05, 0.1) is 43.0 Å². The van der Waals surface area contributed by atoms with Gasteiger partial charge in [-0.25, -0.2) is 28.1 Å². The maximum atomic E-state index is 15.4. The zero-order chi connectivity index (χ0) is 73.1. The molecule has 0 spiro atoms. The van der Waals surface area contributed by atoms with E-state index in [0.717, 1.165) is 17.5 Å². The van der Waals surface area contributed by atoms with Crippen molar-refractivity contribution in [3.8, 4) is 23.6 Å². The van der Waals surface area contributed by atoms with Gasteiger partial charge in [0.25, 0.3) is 0 Å². The summed E-state index contributed by atoms with van der Waals surface area (Å²) in [7, 11) is -9.47. The second-order valence-electron chi connectivity index (χ2n) is 28.2. The van der Waals surface area contributed by atoms with Crippen molar-refractivity contribution in [3.05, 3.63) is 107 Å². The van der Waals surface area contributed by atoms with Crippen molar-refractivity contribution in [3.63, 3.8) is 0 Å². The van der Waals surface area contributed by atoms with Gasteiger partial charge in [0, 0.05) is 6.42 Å². The number of aliphatic hydroxyl groups excluding tert-OH is 2. The molecule has 2 fully saturated rings. The Labute approximate surface area is 574 Å². The van der Waals surface area contributed by atoms with Crippen LogP contribution < -0.4 is 30.7 Å². The SMILES string of the molecule is CCC(C)(C)COC(=O)[C@H](C)NP(=O)(OC[C@H]1O[C@@](C#N)(c2ccc3c(N)nc(CC(C)OC(=O)[C@H](C)NP(=O)(OC[C@H]4O[C@@](C#N)(c5ccc6c(N)ncnn56)[C@H](OC(=O)C(C)C)[C@@H]4OC(=O)C(C)C)Oc4ccc(C(C)(C)C)cc4)nn23)[C@H](O)[C@@H]1O)Oc1ccc(C(C)(C)C)cc1. The summed E-state index contributed by atoms with van der Waals surface area (Å²) in [5.41, 5.74) is 9.17. The number of aromatic nitrogens is 6. The van der Waals surface area contributed by atoms with Crippen LogP contribution in [-0.2, 0) is 94.2 Å². The first-order valence-electron chi connectivity index (χ1n) is 32.4. The summed E-state index contributed by atoms with van der Waals surface area (Å²) in [4.78, 5) is 63.1. The average molecular weight is 1410 g/mol. The number of carbonyl (C=O) groups is 4. The number of benzene rings is 2. The summed E-state index contributed by atoms with van der Waals surface area (Å²) in [6, 6.07) is 20.4. The molecule has 0 amide bonds. The van der Waals surface area contributed by atoms with Crippen LogP contribution in [0.15, 0.2) is 79.1 Å². The number of nitriles is 2. The number of carbonyl (C=O) groups excluding carboxylic acids is 4. The average Bonchev–Trinajstić information content (AvgIpc) is 1.59. The van der Waals surface area contributed by atoms with E-state index in [4.69, 9.17) is 58.0 Å². The molecular weight excluding hydrogens is 1320 g/mol. The highest BCUT2D eigenvalue weighted by molar-refractivity contribution is 7.52. The smallest absolute Gasteiger partial charge is 0.459 e. The van der Waals surface area contributed by atoms with Gasteiger partial charge in [-0.3, -0.25) is 28.2 Å². The number of hydrogen-bond acceptors (Lipinski definition) is 26. The predicted octanol–water partition coefficient (Wildman–Crippen LogP) is 8.14. The Bertz CT molecular complexity index is 4100. The lowest BCUT2D eigenvalue weighted by molar-refractivity contribution is -0.173. The van der Waals surface area contributed by atoms with E-state index in [1.54, 1.807) is 76.2 Å². The van der Waals surface area contributed by atoms with Crippen molar-refractivity contribution in [2.45, 2.75) is 200 Å². The lowest BCUT2D eigenvalue weighted by atomic mass is 9.87. The van der Waals surface area contributed by atoms with Crippen LogP contribution >= 0.6 is 15.5 Å². The lowest BCUT2D eigenvalue weighted by Gasteiger charge is -2.29. The van der Waals surface area contributed by atoms with Gasteiger partial charge in [-0.2, -0.15) is 30.9 Å². The molecule has 2 aliphatic heterocycles. The Hall–Kier alpha value is -8.12. The maximum Gasteiger partial charge on any atom is 0.459 e. The van der Waals surface area contributed by atoms with Crippen LogP contribution in [-0.4, -0.2) is 138 Å². The fourth-order valence-electron chi connectivity index (χ4n) is 10.6. The minimum atomic E-state index is -4.86. The minimum absolute atomic E-state index is 0.000109. The summed E-state index contributed by atoms with van der Waals surface area (Å²) >= 11 is 0. The van der Waals surface area contributed by atoms with Crippen LogP contribution in [0.2, 0.25) is 0 Å². The highest BCUT2D eigenvalue weighted by atomic mass is 31.2. The van der Waals surface area contributed by atoms with Crippen LogP contribution in [0.5, 0.6) is 11.5 Å². The number of nitrogen functional groups attached to an aromatic ring is 2. The maximum absolute atomic E-state index is 15.4. The van der Waals surface area contributed by atoms with Crippen LogP contribution in [0, 0.1) is 39.9 Å². The third-order valence-electron chi connectivity index (χ3n) is 16.9. The number of fused-ring (bicyclic) bond motifs is 2. The van der Waals surface area contributed by atoms with E-state index in [-0.39, 0.29) is 80.7 Å². The first-order valence-corrected chi connectivity index (χ1v) is 35.5. The summed E-state index contributed by atoms with van der Waals surface area (Å²) in [5, 5.41) is 59.7. The number of aliphatic hydroxyl groups is 2. The molecule has 30 nitrogen and oxygen atoms in total. The number of hydrogen-bond donors (Lipinski definition) is 6. The summed E-state index contributed by atoms with van der Waals surface area (Å²) in [6.07, 6.45) is -9.81. The van der Waals surface area contributed by atoms with Gasteiger partial charge in [-0.1, -0.05) is 114 Å². The van der Waals surface area contributed by atoms with Gasteiger partial charge in [0.1, 0.15) is 83.6 Å². The normalized spacial score (nSPS) is 23.3. The number of anilines is 2. The number of esters is 4. The van der Waals surface area contributed by atoms with Crippen LogP contribution in [0.25, 0.3) is 11.0 Å². The molecular formula is C67H90N12O18P2. The third-order valence-corrected chi connectivity index (χ3v) is 20.2. The molecule has 99 heavy (non-hydrogen) atoms. The quantitative estimate of drug-likeness (QED) is 0.0153. The molecule has 2 aromatic carbocycles. The van der Waals surface area contributed by atoms with Crippen LogP contribution in [0.4, 0.5) is 11.6 Å². The fourth-order valence-corrected chi connectivity index (χ4v) is 13.6. The summed E-state index contributed by atoms with van der Waals surface area (Å²) in [6.45, 7) is 26.8. The number of nitrogens with one attached hydrogen (secondary N) is 2. The Balaban J connectivity index is 1.02. The standard InChI is InChI=1S/C67H90N12O18P2/c1-17-65(15,16)35-88-61(84)40(7)76-98(86,96-44-22-18-42(19-23-44)63(9,10)11)89-31-48-53(80)55(81)66(33-68,94-48)50-28-27-47-58(71)74-52(75-79(47)50)30-39(6)91-62(85)41(8)77-99(87,97-45-24-20-43(21-25-45)64(12,13)14)90-32-49-54(92-59(82)37(2)3)56(93-60(83)38(4)5)67(34-69,95-49)51-29-26-46-57(70)72-36-73-78(46)51/h18-29,36-41,48-49,53-56,80-81H,17,30-32,35H2,1-16H3,(H,76,86)(H,77,87)(H2,70,72,73)(H2,71,74,75)/t39?,40-,41-,48+,49+,53+,54+,55+,56+,66-,67-,98?,99?/m0/s1. The van der Waals surface area contributed by atoms with E-state index in [0.29, 0.717) is 6.42 Å². The molecule has 32 heteroatoms. The summed E-state index contributed by atoms with van der Waals surface area (Å²) in [5.74, 6) is -4.84. The largest absolute Gasteiger partial charge is 0.464 e. The molecule has 0 aliphatic carbocycles. The third kappa shape index (κ3) is 17.2. The van der Waals surface area contributed by atoms with Gasteiger partial charge in [-0.05, 0) is 103 Å². The molecule has 8 N–H and O–H groups in total. The Morgan fingerprint density at radius 2 is 1.15 bits per heavy atom. The van der Waals surface area contributed by atoms with Crippen molar-refractivity contribution in [2.75, 3.05) is 31.3 Å². The number of ether oxygens (including phenoxy) is 6. The highest BCUT2D eigenvalue weighted by Crippen LogP contribution is 2.51. The first-order chi connectivity index (χ1) is 46.2. The molecule has 13 atom stereocenters. The van der Waals surface area contributed by atoms with E-state index >= 15 is 4.57 Å². The molecule has 0 radical (unpaired) electrons. The molecule has 3 unspecified atom stereocenters. The van der Waals surface area contributed by atoms with Crippen molar-refractivity contribution < 1.29 is 85.0 Å². The van der Waals surface area contributed by atoms with Gasteiger partial charge in [-0.15, -0.1) is 0 Å². The lowest BCUT2D eigenvalue weighted by Crippen LogP contribution is -2.47. The zero-order valence-corrected chi connectivity index (χ0v) is 60.2. The van der Waals surface area contributed by atoms with E-state index in [2.05, 4.69) is 36.4 Å².